The fraction of sp³-hybridized carbons (Fsp3) is 0.917. The minimum Gasteiger partial charge on any atom is -0.481 e. The number of carboxylic acids is 1. The number of ether oxygens (including phenoxy) is 2. The molecule has 0 aliphatic carbocycles. The quantitative estimate of drug-likeness (QED) is 0.790. The number of aliphatic carboxylic acids is 1. The second kappa shape index (κ2) is 4.72. The monoisotopic (exact) mass is 230 g/mol. The lowest BCUT2D eigenvalue weighted by Crippen LogP contribution is -2.51. The molecule has 4 atom stereocenters. The number of hydrogen-bond donors (Lipinski definition) is 1. The van der Waals surface area contributed by atoms with Crippen molar-refractivity contribution in [1.29, 1.82) is 0 Å². The van der Waals surface area contributed by atoms with Crippen LogP contribution in [0.5, 0.6) is 0 Å². The van der Waals surface area contributed by atoms with Gasteiger partial charge in [-0.3, -0.25) is 4.79 Å². The standard InChI is InChI=1S/C12H22O4/c1-6-8-9(10(13)14)7(2)15-11(16-8)12(3,4)5/h7-9,11H,6H2,1-5H3,(H,13,14)/t7-,8+,9+,11-/m1/s1. The van der Waals surface area contributed by atoms with Crippen LogP contribution in [0.3, 0.4) is 0 Å². The van der Waals surface area contributed by atoms with Crippen LogP contribution in [0, 0.1) is 11.3 Å². The smallest absolute Gasteiger partial charge is 0.311 e. The first-order valence-electron chi connectivity index (χ1n) is 5.81. The van der Waals surface area contributed by atoms with E-state index in [0.717, 1.165) is 0 Å². The highest BCUT2D eigenvalue weighted by molar-refractivity contribution is 5.71. The van der Waals surface area contributed by atoms with Crippen molar-refractivity contribution in [3.8, 4) is 0 Å². The number of hydrogen-bond acceptors (Lipinski definition) is 3. The molecule has 0 bridgehead atoms. The van der Waals surface area contributed by atoms with Crippen molar-refractivity contribution < 1.29 is 19.4 Å². The average molecular weight is 230 g/mol. The highest BCUT2D eigenvalue weighted by atomic mass is 16.7. The Morgan fingerprint density at radius 3 is 2.25 bits per heavy atom. The van der Waals surface area contributed by atoms with Crippen molar-refractivity contribution in [3.63, 3.8) is 0 Å². The molecule has 0 radical (unpaired) electrons. The number of carboxylic acid groups (broad SMARTS) is 1. The molecule has 94 valence electrons. The van der Waals surface area contributed by atoms with Crippen LogP contribution < -0.4 is 0 Å². The lowest BCUT2D eigenvalue weighted by Gasteiger charge is -2.43. The van der Waals surface area contributed by atoms with Crippen molar-refractivity contribution in [2.45, 2.75) is 59.5 Å². The molecule has 1 N–H and O–H groups in total. The summed E-state index contributed by atoms with van der Waals surface area (Å²) in [6.45, 7) is 9.83. The molecule has 1 heterocycles. The second-order valence-corrected chi connectivity index (χ2v) is 5.49. The van der Waals surface area contributed by atoms with Crippen LogP contribution >= 0.6 is 0 Å². The summed E-state index contributed by atoms with van der Waals surface area (Å²) in [5.74, 6) is -1.41. The third-order valence-corrected chi connectivity index (χ3v) is 2.94. The maximum atomic E-state index is 11.1. The summed E-state index contributed by atoms with van der Waals surface area (Å²) in [6.07, 6.45) is -0.203. The van der Waals surface area contributed by atoms with Crippen molar-refractivity contribution >= 4 is 5.97 Å². The van der Waals surface area contributed by atoms with E-state index in [1.165, 1.54) is 0 Å². The summed E-state index contributed by atoms with van der Waals surface area (Å²) in [6, 6.07) is 0. The van der Waals surface area contributed by atoms with Crippen LogP contribution in [0.1, 0.15) is 41.0 Å². The molecule has 1 fully saturated rings. The van der Waals surface area contributed by atoms with Gasteiger partial charge in [-0.1, -0.05) is 27.7 Å². The van der Waals surface area contributed by atoms with E-state index in [9.17, 15) is 4.79 Å². The van der Waals surface area contributed by atoms with E-state index in [0.29, 0.717) is 6.42 Å². The SMILES string of the molecule is CC[C@@H]1O[C@H](C(C)(C)C)O[C@H](C)[C@@H]1C(=O)O. The molecule has 1 saturated heterocycles. The molecule has 0 aromatic carbocycles. The van der Waals surface area contributed by atoms with E-state index in [1.54, 1.807) is 0 Å². The third kappa shape index (κ3) is 2.74. The van der Waals surface area contributed by atoms with Crippen LogP contribution in [0.4, 0.5) is 0 Å². The summed E-state index contributed by atoms with van der Waals surface area (Å²) in [5, 5.41) is 9.14. The molecular weight excluding hydrogens is 208 g/mol. The van der Waals surface area contributed by atoms with E-state index >= 15 is 0 Å². The van der Waals surface area contributed by atoms with Gasteiger partial charge in [-0.15, -0.1) is 0 Å². The predicted molar refractivity (Wildman–Crippen MR) is 60.1 cm³/mol. The van der Waals surface area contributed by atoms with Gasteiger partial charge in [-0.05, 0) is 13.3 Å². The lowest BCUT2D eigenvalue weighted by atomic mass is 9.89. The minimum atomic E-state index is -0.841. The van der Waals surface area contributed by atoms with Gasteiger partial charge in [0.15, 0.2) is 6.29 Å². The molecule has 1 rings (SSSR count). The van der Waals surface area contributed by atoms with Crippen LogP contribution in [-0.4, -0.2) is 29.6 Å². The minimum absolute atomic E-state index is 0.134. The van der Waals surface area contributed by atoms with Gasteiger partial charge in [-0.2, -0.15) is 0 Å². The largest absolute Gasteiger partial charge is 0.481 e. The van der Waals surface area contributed by atoms with Gasteiger partial charge in [0.1, 0.15) is 5.92 Å². The average Bonchev–Trinajstić information content (AvgIpc) is 2.14. The normalized spacial score (nSPS) is 36.1. The van der Waals surface area contributed by atoms with Gasteiger partial charge in [0.05, 0.1) is 12.2 Å². The van der Waals surface area contributed by atoms with Crippen LogP contribution in [0.25, 0.3) is 0 Å². The maximum absolute atomic E-state index is 11.1. The van der Waals surface area contributed by atoms with Gasteiger partial charge in [0.25, 0.3) is 0 Å². The summed E-state index contributed by atoms with van der Waals surface area (Å²) < 4.78 is 11.4. The van der Waals surface area contributed by atoms with E-state index in [4.69, 9.17) is 14.6 Å². The third-order valence-electron chi connectivity index (χ3n) is 2.94. The first kappa shape index (κ1) is 13.5. The van der Waals surface area contributed by atoms with E-state index in [1.807, 2.05) is 34.6 Å². The zero-order chi connectivity index (χ0) is 12.5. The fourth-order valence-corrected chi connectivity index (χ4v) is 1.98. The lowest BCUT2D eigenvalue weighted by molar-refractivity contribution is -0.295. The van der Waals surface area contributed by atoms with Gasteiger partial charge < -0.3 is 14.6 Å². The van der Waals surface area contributed by atoms with Gasteiger partial charge in [-0.25, -0.2) is 0 Å². The summed E-state index contributed by atoms with van der Waals surface area (Å²) in [4.78, 5) is 11.1. The molecule has 0 aromatic rings. The Morgan fingerprint density at radius 2 is 1.88 bits per heavy atom. The number of carbonyl (C=O) groups is 1. The topological polar surface area (TPSA) is 55.8 Å². The van der Waals surface area contributed by atoms with Gasteiger partial charge in [0.2, 0.25) is 0 Å². The zero-order valence-electron chi connectivity index (χ0n) is 10.7. The molecule has 0 aromatic heterocycles. The van der Waals surface area contributed by atoms with E-state index in [2.05, 4.69) is 0 Å². The highest BCUT2D eigenvalue weighted by Crippen LogP contribution is 2.34. The van der Waals surface area contributed by atoms with Crippen molar-refractivity contribution in [1.82, 2.24) is 0 Å². The fourth-order valence-electron chi connectivity index (χ4n) is 1.98. The van der Waals surface area contributed by atoms with Gasteiger partial charge in [0, 0.05) is 5.41 Å². The molecule has 0 spiro atoms. The molecule has 1 aliphatic heterocycles. The zero-order valence-corrected chi connectivity index (χ0v) is 10.7. The van der Waals surface area contributed by atoms with Crippen molar-refractivity contribution in [2.75, 3.05) is 0 Å². The molecule has 0 saturated carbocycles. The Morgan fingerprint density at radius 1 is 1.31 bits per heavy atom. The van der Waals surface area contributed by atoms with Crippen LogP contribution in [0.2, 0.25) is 0 Å². The highest BCUT2D eigenvalue weighted by Gasteiger charge is 2.44. The summed E-state index contributed by atoms with van der Waals surface area (Å²) >= 11 is 0. The Balaban J connectivity index is 2.82. The van der Waals surface area contributed by atoms with Crippen LogP contribution in [0.15, 0.2) is 0 Å². The van der Waals surface area contributed by atoms with Crippen molar-refractivity contribution in [2.24, 2.45) is 11.3 Å². The molecule has 16 heavy (non-hydrogen) atoms. The molecular formula is C12H22O4. The summed E-state index contributed by atoms with van der Waals surface area (Å²) in [5.41, 5.74) is -0.134. The predicted octanol–water partition coefficient (Wildman–Crippen LogP) is 2.27. The Labute approximate surface area is 96.9 Å². The molecule has 0 amide bonds. The molecule has 4 nitrogen and oxygen atoms in total. The number of rotatable bonds is 2. The molecule has 4 heteroatoms. The van der Waals surface area contributed by atoms with Gasteiger partial charge >= 0.3 is 5.97 Å². The van der Waals surface area contributed by atoms with E-state index < -0.39 is 11.9 Å². The first-order chi connectivity index (χ1) is 7.27. The maximum Gasteiger partial charge on any atom is 0.311 e. The Bertz CT molecular complexity index is 256. The Kier molecular flexibility index (Phi) is 3.97. The van der Waals surface area contributed by atoms with Crippen LogP contribution in [-0.2, 0) is 14.3 Å². The first-order valence-corrected chi connectivity index (χ1v) is 5.81. The van der Waals surface area contributed by atoms with E-state index in [-0.39, 0.29) is 23.9 Å². The second-order valence-electron chi connectivity index (χ2n) is 5.49. The molecule has 1 aliphatic rings. The Hall–Kier alpha value is -0.610. The molecule has 0 unspecified atom stereocenters. The summed E-state index contributed by atoms with van der Waals surface area (Å²) in [7, 11) is 0. The van der Waals surface area contributed by atoms with Crippen molar-refractivity contribution in [3.05, 3.63) is 0 Å².